The van der Waals surface area contributed by atoms with Crippen molar-refractivity contribution in [2.24, 2.45) is 0 Å². The zero-order valence-corrected chi connectivity index (χ0v) is 12.3. The molecular formula is C13H13BrN2OS. The van der Waals surface area contributed by atoms with Gasteiger partial charge in [0.25, 0.3) is 0 Å². The van der Waals surface area contributed by atoms with E-state index in [2.05, 4.69) is 26.2 Å². The lowest BCUT2D eigenvalue weighted by atomic mass is 10.2. The highest BCUT2D eigenvalue weighted by atomic mass is 79.9. The largest absolute Gasteiger partial charge is 0.325 e. The first-order chi connectivity index (χ1) is 8.65. The lowest BCUT2D eigenvalue weighted by Gasteiger charge is -2.07. The van der Waals surface area contributed by atoms with Crippen LogP contribution < -0.4 is 5.32 Å². The monoisotopic (exact) mass is 324 g/mol. The van der Waals surface area contributed by atoms with E-state index in [1.165, 1.54) is 0 Å². The third-order valence-electron chi connectivity index (χ3n) is 2.49. The number of hydrogen-bond acceptors (Lipinski definition) is 3. The number of benzene rings is 1. The molecule has 0 atom stereocenters. The van der Waals surface area contributed by atoms with Crippen LogP contribution in [0.15, 0.2) is 33.6 Å². The third kappa shape index (κ3) is 3.65. The molecule has 2 aromatic rings. The number of thiazole rings is 1. The SMILES string of the molecule is Cc1ccc(NC(=O)CCc2cscn2)c(Br)c1. The van der Waals surface area contributed by atoms with Crippen LogP contribution in [0.5, 0.6) is 0 Å². The van der Waals surface area contributed by atoms with Crippen molar-refractivity contribution in [2.75, 3.05) is 5.32 Å². The van der Waals surface area contributed by atoms with Crippen LogP contribution in [0.25, 0.3) is 0 Å². The van der Waals surface area contributed by atoms with Gasteiger partial charge >= 0.3 is 0 Å². The number of amides is 1. The molecule has 94 valence electrons. The normalized spacial score (nSPS) is 10.3. The zero-order valence-electron chi connectivity index (χ0n) is 9.94. The van der Waals surface area contributed by atoms with Gasteiger partial charge in [0, 0.05) is 16.3 Å². The molecule has 0 saturated heterocycles. The molecule has 1 amide bonds. The van der Waals surface area contributed by atoms with Gasteiger partial charge in [-0.05, 0) is 47.0 Å². The Morgan fingerprint density at radius 1 is 1.50 bits per heavy atom. The lowest BCUT2D eigenvalue weighted by Crippen LogP contribution is -2.12. The van der Waals surface area contributed by atoms with Gasteiger partial charge < -0.3 is 5.32 Å². The quantitative estimate of drug-likeness (QED) is 0.929. The Hall–Kier alpha value is -1.20. The van der Waals surface area contributed by atoms with Crippen LogP contribution >= 0.6 is 27.3 Å². The van der Waals surface area contributed by atoms with E-state index in [1.54, 1.807) is 16.8 Å². The van der Waals surface area contributed by atoms with E-state index in [-0.39, 0.29) is 5.91 Å². The van der Waals surface area contributed by atoms with Gasteiger partial charge in [-0.15, -0.1) is 11.3 Å². The Labute approximate surface area is 118 Å². The van der Waals surface area contributed by atoms with Crippen molar-refractivity contribution in [3.8, 4) is 0 Å². The molecule has 1 heterocycles. The van der Waals surface area contributed by atoms with Crippen molar-refractivity contribution in [3.05, 3.63) is 44.8 Å². The topological polar surface area (TPSA) is 42.0 Å². The van der Waals surface area contributed by atoms with Crippen LogP contribution in [-0.2, 0) is 11.2 Å². The molecule has 1 N–H and O–H groups in total. The molecular weight excluding hydrogens is 312 g/mol. The molecule has 5 heteroatoms. The first-order valence-corrected chi connectivity index (χ1v) is 7.32. The van der Waals surface area contributed by atoms with E-state index in [0.717, 1.165) is 21.4 Å². The molecule has 0 fully saturated rings. The third-order valence-corrected chi connectivity index (χ3v) is 3.78. The highest BCUT2D eigenvalue weighted by molar-refractivity contribution is 9.10. The number of nitrogens with zero attached hydrogens (tertiary/aromatic N) is 1. The Bertz CT molecular complexity index is 540. The fourth-order valence-corrected chi connectivity index (χ4v) is 2.72. The highest BCUT2D eigenvalue weighted by Crippen LogP contribution is 2.23. The molecule has 0 radical (unpaired) electrons. The number of nitrogens with one attached hydrogen (secondary N) is 1. The maximum atomic E-state index is 11.8. The summed E-state index contributed by atoms with van der Waals surface area (Å²) in [5.74, 6) is 0.00699. The van der Waals surface area contributed by atoms with Gasteiger partial charge in [0.1, 0.15) is 0 Å². The van der Waals surface area contributed by atoms with Crippen molar-refractivity contribution >= 4 is 38.9 Å². The smallest absolute Gasteiger partial charge is 0.224 e. The minimum absolute atomic E-state index is 0.00699. The summed E-state index contributed by atoms with van der Waals surface area (Å²) < 4.78 is 0.907. The van der Waals surface area contributed by atoms with Crippen molar-refractivity contribution in [1.29, 1.82) is 0 Å². The van der Waals surface area contributed by atoms with Crippen molar-refractivity contribution in [1.82, 2.24) is 4.98 Å². The molecule has 1 aromatic carbocycles. The number of aryl methyl sites for hydroxylation is 2. The Kier molecular flexibility index (Phi) is 4.49. The van der Waals surface area contributed by atoms with Gasteiger partial charge in [0.05, 0.1) is 16.9 Å². The zero-order chi connectivity index (χ0) is 13.0. The molecule has 3 nitrogen and oxygen atoms in total. The molecule has 0 spiro atoms. The number of rotatable bonds is 4. The van der Waals surface area contributed by atoms with Crippen molar-refractivity contribution < 1.29 is 4.79 Å². The molecule has 0 saturated carbocycles. The van der Waals surface area contributed by atoms with Crippen molar-refractivity contribution in [2.45, 2.75) is 19.8 Å². The minimum Gasteiger partial charge on any atom is -0.325 e. The van der Waals surface area contributed by atoms with E-state index in [1.807, 2.05) is 30.5 Å². The summed E-state index contributed by atoms with van der Waals surface area (Å²) in [6.07, 6.45) is 1.13. The van der Waals surface area contributed by atoms with Crippen LogP contribution in [0.1, 0.15) is 17.7 Å². The molecule has 0 aliphatic heterocycles. The van der Waals surface area contributed by atoms with Crippen LogP contribution in [0.3, 0.4) is 0 Å². The lowest BCUT2D eigenvalue weighted by molar-refractivity contribution is -0.116. The van der Waals surface area contributed by atoms with E-state index in [4.69, 9.17) is 0 Å². The van der Waals surface area contributed by atoms with Gasteiger partial charge in [-0.25, -0.2) is 4.98 Å². The standard InChI is InChI=1S/C13H13BrN2OS/c1-9-2-4-12(11(14)6-9)16-13(17)5-3-10-7-18-8-15-10/h2,4,6-8H,3,5H2,1H3,(H,16,17). The second kappa shape index (κ2) is 6.11. The first kappa shape index (κ1) is 13.2. The number of carbonyl (C=O) groups is 1. The van der Waals surface area contributed by atoms with Gasteiger partial charge in [-0.1, -0.05) is 6.07 Å². The average Bonchev–Trinajstić information content (AvgIpc) is 2.83. The summed E-state index contributed by atoms with van der Waals surface area (Å²) >= 11 is 4.99. The number of hydrogen-bond donors (Lipinski definition) is 1. The maximum Gasteiger partial charge on any atom is 0.224 e. The van der Waals surface area contributed by atoms with E-state index >= 15 is 0 Å². The Morgan fingerprint density at radius 2 is 2.33 bits per heavy atom. The summed E-state index contributed by atoms with van der Waals surface area (Å²) in [4.78, 5) is 15.9. The van der Waals surface area contributed by atoms with Crippen molar-refractivity contribution in [3.63, 3.8) is 0 Å². The molecule has 18 heavy (non-hydrogen) atoms. The van der Waals surface area contributed by atoms with E-state index < -0.39 is 0 Å². The first-order valence-electron chi connectivity index (χ1n) is 5.58. The Balaban J connectivity index is 1.91. The second-order valence-corrected chi connectivity index (χ2v) is 5.58. The number of halogens is 1. The molecule has 1 aromatic heterocycles. The van der Waals surface area contributed by atoms with E-state index in [0.29, 0.717) is 12.8 Å². The second-order valence-electron chi connectivity index (χ2n) is 4.01. The molecule has 0 unspecified atom stereocenters. The average molecular weight is 325 g/mol. The van der Waals surface area contributed by atoms with Crippen LogP contribution in [-0.4, -0.2) is 10.9 Å². The summed E-state index contributed by atoms with van der Waals surface area (Å²) in [5.41, 5.74) is 4.72. The molecule has 0 bridgehead atoms. The predicted molar refractivity (Wildman–Crippen MR) is 77.9 cm³/mol. The summed E-state index contributed by atoms with van der Waals surface area (Å²) in [7, 11) is 0. The van der Waals surface area contributed by atoms with Gasteiger partial charge in [0.15, 0.2) is 0 Å². The number of carbonyl (C=O) groups excluding carboxylic acids is 1. The maximum absolute atomic E-state index is 11.8. The number of anilines is 1. The van der Waals surface area contributed by atoms with Crippen LogP contribution in [0.2, 0.25) is 0 Å². The predicted octanol–water partition coefficient (Wildman–Crippen LogP) is 3.79. The summed E-state index contributed by atoms with van der Waals surface area (Å²) in [6.45, 7) is 2.01. The minimum atomic E-state index is 0.00699. The van der Waals surface area contributed by atoms with Gasteiger partial charge in [-0.2, -0.15) is 0 Å². The fourth-order valence-electron chi connectivity index (χ4n) is 1.54. The highest BCUT2D eigenvalue weighted by Gasteiger charge is 2.06. The molecule has 0 aliphatic carbocycles. The molecule has 0 aliphatic rings. The summed E-state index contributed by atoms with van der Waals surface area (Å²) in [6, 6.07) is 5.86. The molecule has 2 rings (SSSR count). The van der Waals surface area contributed by atoms with Crippen LogP contribution in [0, 0.1) is 6.92 Å². The summed E-state index contributed by atoms with van der Waals surface area (Å²) in [5, 5.41) is 4.86. The van der Waals surface area contributed by atoms with Gasteiger partial charge in [-0.3, -0.25) is 4.79 Å². The fraction of sp³-hybridized carbons (Fsp3) is 0.231. The number of aromatic nitrogens is 1. The Morgan fingerprint density at radius 3 is 3.00 bits per heavy atom. The van der Waals surface area contributed by atoms with Gasteiger partial charge in [0.2, 0.25) is 5.91 Å². The van der Waals surface area contributed by atoms with Crippen LogP contribution in [0.4, 0.5) is 5.69 Å². The van der Waals surface area contributed by atoms with E-state index in [9.17, 15) is 4.79 Å².